The van der Waals surface area contributed by atoms with Crippen molar-refractivity contribution in [3.8, 4) is 0 Å². The third kappa shape index (κ3) is 2.52. The van der Waals surface area contributed by atoms with Gasteiger partial charge in [0.2, 0.25) is 0 Å². The zero-order chi connectivity index (χ0) is 12.1. The van der Waals surface area contributed by atoms with Crippen molar-refractivity contribution in [3.05, 3.63) is 65.5 Å². The molecule has 2 aromatic rings. The lowest BCUT2D eigenvalue weighted by Crippen LogP contribution is -2.29. The number of hydrazine groups is 1. The van der Waals surface area contributed by atoms with E-state index in [0.29, 0.717) is 0 Å². The standard InChI is InChI=1S/C14H17N3/c1-2-11-6-3-4-8-13(11)14(17-15)12-7-5-9-16-10-12/h3-10,14,17H,2,15H2,1H3. The Bertz CT molecular complexity index is 468. The van der Waals surface area contributed by atoms with Crippen LogP contribution in [0.15, 0.2) is 48.8 Å². The second-order valence-corrected chi connectivity index (χ2v) is 3.94. The van der Waals surface area contributed by atoms with Crippen LogP contribution in [0.5, 0.6) is 0 Å². The number of rotatable bonds is 4. The first-order chi connectivity index (χ1) is 8.36. The first-order valence-electron chi connectivity index (χ1n) is 5.80. The minimum Gasteiger partial charge on any atom is -0.271 e. The number of nitrogens with one attached hydrogen (secondary N) is 1. The number of benzene rings is 1. The molecule has 0 saturated carbocycles. The van der Waals surface area contributed by atoms with E-state index in [-0.39, 0.29) is 6.04 Å². The van der Waals surface area contributed by atoms with Gasteiger partial charge in [0, 0.05) is 12.4 Å². The maximum absolute atomic E-state index is 5.68. The number of pyridine rings is 1. The van der Waals surface area contributed by atoms with Gasteiger partial charge in [0.05, 0.1) is 6.04 Å². The van der Waals surface area contributed by atoms with Gasteiger partial charge in [0.25, 0.3) is 0 Å². The molecule has 1 aromatic carbocycles. The topological polar surface area (TPSA) is 50.9 Å². The molecule has 0 saturated heterocycles. The van der Waals surface area contributed by atoms with Crippen molar-refractivity contribution in [2.75, 3.05) is 0 Å². The molecule has 1 aromatic heterocycles. The fourth-order valence-electron chi connectivity index (χ4n) is 2.05. The summed E-state index contributed by atoms with van der Waals surface area (Å²) in [6.07, 6.45) is 4.61. The summed E-state index contributed by atoms with van der Waals surface area (Å²) < 4.78 is 0. The second kappa shape index (κ2) is 5.57. The summed E-state index contributed by atoms with van der Waals surface area (Å²) in [6.45, 7) is 2.15. The van der Waals surface area contributed by atoms with Crippen LogP contribution in [0.4, 0.5) is 0 Å². The third-order valence-electron chi connectivity index (χ3n) is 2.93. The second-order valence-electron chi connectivity index (χ2n) is 3.94. The Morgan fingerprint density at radius 3 is 2.71 bits per heavy atom. The molecule has 3 heteroatoms. The monoisotopic (exact) mass is 227 g/mol. The average Bonchev–Trinajstić information content (AvgIpc) is 2.41. The summed E-state index contributed by atoms with van der Waals surface area (Å²) >= 11 is 0. The molecule has 1 heterocycles. The Kier molecular flexibility index (Phi) is 3.85. The summed E-state index contributed by atoms with van der Waals surface area (Å²) in [4.78, 5) is 4.14. The highest BCUT2D eigenvalue weighted by molar-refractivity contribution is 5.36. The number of hydrogen-bond donors (Lipinski definition) is 2. The molecule has 0 bridgehead atoms. The molecule has 0 spiro atoms. The largest absolute Gasteiger partial charge is 0.271 e. The quantitative estimate of drug-likeness (QED) is 0.622. The zero-order valence-electron chi connectivity index (χ0n) is 9.93. The van der Waals surface area contributed by atoms with Crippen molar-refractivity contribution in [1.82, 2.24) is 10.4 Å². The van der Waals surface area contributed by atoms with E-state index in [0.717, 1.165) is 12.0 Å². The molecule has 1 atom stereocenters. The lowest BCUT2D eigenvalue weighted by molar-refractivity contribution is 0.629. The van der Waals surface area contributed by atoms with Gasteiger partial charge >= 0.3 is 0 Å². The van der Waals surface area contributed by atoms with Crippen LogP contribution in [-0.4, -0.2) is 4.98 Å². The first-order valence-corrected chi connectivity index (χ1v) is 5.80. The van der Waals surface area contributed by atoms with Crippen molar-refractivity contribution < 1.29 is 0 Å². The molecule has 88 valence electrons. The number of hydrogen-bond acceptors (Lipinski definition) is 3. The Balaban J connectivity index is 2.42. The molecule has 3 nitrogen and oxygen atoms in total. The van der Waals surface area contributed by atoms with Crippen molar-refractivity contribution in [3.63, 3.8) is 0 Å². The van der Waals surface area contributed by atoms with E-state index in [1.807, 2.05) is 24.4 Å². The molecule has 0 fully saturated rings. The van der Waals surface area contributed by atoms with Gasteiger partial charge in [-0.2, -0.15) is 0 Å². The molecule has 0 aliphatic rings. The predicted molar refractivity (Wildman–Crippen MR) is 69.2 cm³/mol. The van der Waals surface area contributed by atoms with E-state index < -0.39 is 0 Å². The van der Waals surface area contributed by atoms with E-state index in [4.69, 9.17) is 5.84 Å². The maximum Gasteiger partial charge on any atom is 0.0727 e. The fraction of sp³-hybridized carbons (Fsp3) is 0.214. The van der Waals surface area contributed by atoms with E-state index in [9.17, 15) is 0 Å². The molecule has 0 aliphatic carbocycles. The zero-order valence-corrected chi connectivity index (χ0v) is 9.93. The first kappa shape index (κ1) is 11.8. The third-order valence-corrected chi connectivity index (χ3v) is 2.93. The normalized spacial score (nSPS) is 12.4. The van der Waals surface area contributed by atoms with Crippen LogP contribution in [0.2, 0.25) is 0 Å². The van der Waals surface area contributed by atoms with Gasteiger partial charge in [-0.1, -0.05) is 37.3 Å². The minimum atomic E-state index is -0.000139. The van der Waals surface area contributed by atoms with Crippen LogP contribution in [0.3, 0.4) is 0 Å². The highest BCUT2D eigenvalue weighted by Crippen LogP contribution is 2.24. The van der Waals surface area contributed by atoms with Crippen LogP contribution < -0.4 is 11.3 Å². The Hall–Kier alpha value is -1.71. The molecule has 2 rings (SSSR count). The molecule has 0 aliphatic heterocycles. The van der Waals surface area contributed by atoms with Gasteiger partial charge in [-0.15, -0.1) is 0 Å². The molecule has 17 heavy (non-hydrogen) atoms. The molecule has 1 unspecified atom stereocenters. The summed E-state index contributed by atoms with van der Waals surface area (Å²) in [5.74, 6) is 5.68. The van der Waals surface area contributed by atoms with Gasteiger partial charge in [-0.25, -0.2) is 5.43 Å². The fourth-order valence-corrected chi connectivity index (χ4v) is 2.05. The van der Waals surface area contributed by atoms with Crippen molar-refractivity contribution in [1.29, 1.82) is 0 Å². The van der Waals surface area contributed by atoms with Crippen LogP contribution >= 0.6 is 0 Å². The molecule has 0 radical (unpaired) electrons. The summed E-state index contributed by atoms with van der Waals surface area (Å²) in [6, 6.07) is 12.3. The molecule has 0 amide bonds. The van der Waals surface area contributed by atoms with E-state index in [1.165, 1.54) is 11.1 Å². The Morgan fingerprint density at radius 2 is 2.06 bits per heavy atom. The van der Waals surface area contributed by atoms with Gasteiger partial charge in [0.15, 0.2) is 0 Å². The lowest BCUT2D eigenvalue weighted by atomic mass is 9.95. The smallest absolute Gasteiger partial charge is 0.0727 e. The van der Waals surface area contributed by atoms with Gasteiger partial charge in [0.1, 0.15) is 0 Å². The number of aromatic nitrogens is 1. The van der Waals surface area contributed by atoms with Crippen LogP contribution in [-0.2, 0) is 6.42 Å². The van der Waals surface area contributed by atoms with E-state index in [1.54, 1.807) is 6.20 Å². The van der Waals surface area contributed by atoms with Gasteiger partial charge in [-0.3, -0.25) is 10.8 Å². The Labute approximate surface area is 102 Å². The van der Waals surface area contributed by atoms with Gasteiger partial charge in [-0.05, 0) is 29.2 Å². The number of aryl methyl sites for hydroxylation is 1. The summed E-state index contributed by atoms with van der Waals surface area (Å²) in [5.41, 5.74) is 6.47. The number of nitrogens with zero attached hydrogens (tertiary/aromatic N) is 1. The Morgan fingerprint density at radius 1 is 1.24 bits per heavy atom. The molecule has 3 N–H and O–H groups in total. The van der Waals surface area contributed by atoms with E-state index in [2.05, 4.69) is 35.5 Å². The van der Waals surface area contributed by atoms with Crippen LogP contribution in [0.25, 0.3) is 0 Å². The van der Waals surface area contributed by atoms with Crippen molar-refractivity contribution in [2.45, 2.75) is 19.4 Å². The lowest BCUT2D eigenvalue weighted by Gasteiger charge is -2.19. The summed E-state index contributed by atoms with van der Waals surface area (Å²) in [7, 11) is 0. The minimum absolute atomic E-state index is 0.000139. The maximum atomic E-state index is 5.68. The average molecular weight is 227 g/mol. The van der Waals surface area contributed by atoms with Crippen molar-refractivity contribution >= 4 is 0 Å². The summed E-state index contributed by atoms with van der Waals surface area (Å²) in [5, 5.41) is 0. The number of nitrogens with two attached hydrogens (primary N) is 1. The molecular weight excluding hydrogens is 210 g/mol. The van der Waals surface area contributed by atoms with Crippen LogP contribution in [0, 0.1) is 0 Å². The predicted octanol–water partition coefficient (Wildman–Crippen LogP) is 2.20. The van der Waals surface area contributed by atoms with Crippen molar-refractivity contribution in [2.24, 2.45) is 5.84 Å². The van der Waals surface area contributed by atoms with Gasteiger partial charge < -0.3 is 0 Å². The highest BCUT2D eigenvalue weighted by atomic mass is 15.2. The highest BCUT2D eigenvalue weighted by Gasteiger charge is 2.14. The van der Waals surface area contributed by atoms with E-state index >= 15 is 0 Å². The SMILES string of the molecule is CCc1ccccc1C(NN)c1cccnc1. The molecular formula is C14H17N3. The van der Waals surface area contributed by atoms with Crippen LogP contribution in [0.1, 0.15) is 29.7 Å².